The molecule has 4 unspecified atom stereocenters. The van der Waals surface area contributed by atoms with Crippen LogP contribution in [0, 0.1) is 11.8 Å². The number of hydrogen-bond acceptors (Lipinski definition) is 20. The highest BCUT2D eigenvalue weighted by molar-refractivity contribution is 8.76. The molecule has 0 saturated carbocycles. The molecule has 1 aliphatic heterocycles. The zero-order valence-corrected chi connectivity index (χ0v) is 57.0. The molecule has 1 aliphatic rings. The van der Waals surface area contributed by atoms with Crippen LogP contribution in [-0.2, 0) is 47.7 Å². The van der Waals surface area contributed by atoms with E-state index in [1.165, 1.54) is 0 Å². The summed E-state index contributed by atoms with van der Waals surface area (Å²) >= 11 is 0. The number of ether oxygens (including phenoxy) is 5. The maximum atomic E-state index is 12.8. The number of aliphatic hydroxyl groups is 4. The Balaban J connectivity index is 2.46. The Hall–Kier alpha value is -2.27. The lowest BCUT2D eigenvalue weighted by Gasteiger charge is -2.34. The zero-order chi connectivity index (χ0) is 63.6. The second-order valence-corrected chi connectivity index (χ2v) is 27.5. The van der Waals surface area contributed by atoms with E-state index in [1.807, 2.05) is 54.2 Å². The number of esters is 5. The Kier molecular flexibility index (Phi) is 51.8. The molecule has 18 nitrogen and oxygen atoms in total. The second kappa shape index (κ2) is 54.5. The van der Waals surface area contributed by atoms with Gasteiger partial charge in [0.2, 0.25) is 0 Å². The van der Waals surface area contributed by atoms with Crippen molar-refractivity contribution < 1.29 is 68.1 Å². The standard InChI is InChI=1S/C66H126N4O14S2/c1-9-60(10-2)83-65(78)32-23-28-58(73)52-70(53-59(74)29-24-33-66(79)84-61(11-3)12-4)38-25-34-64(77)82-47-43-67-39-41-68(42-40-67)44-49-86-85-48-22-21-37-69(50-56(71)26-17-13-15-19-30-62(75)80-45-35-54(5)6)51-57(72)27-18-14-16-20-31-63(76)81-46-36-55(7)8/h54-61,71-74H,9-53H2,1-8H3. The fourth-order valence-electron chi connectivity index (χ4n) is 10.2. The van der Waals surface area contributed by atoms with Crippen molar-refractivity contribution in [2.45, 2.75) is 272 Å². The molecular formula is C66H126N4O14S2. The van der Waals surface area contributed by atoms with Crippen molar-refractivity contribution in [3.8, 4) is 0 Å². The summed E-state index contributed by atoms with van der Waals surface area (Å²) in [5.41, 5.74) is 0. The minimum atomic E-state index is -0.725. The van der Waals surface area contributed by atoms with Crippen LogP contribution in [-0.4, -0.2) is 216 Å². The van der Waals surface area contributed by atoms with Gasteiger partial charge in [0.05, 0.1) is 37.6 Å². The number of unbranched alkanes of at least 4 members (excludes halogenated alkanes) is 7. The zero-order valence-electron chi connectivity index (χ0n) is 55.4. The van der Waals surface area contributed by atoms with E-state index in [0.717, 1.165) is 154 Å². The van der Waals surface area contributed by atoms with E-state index >= 15 is 0 Å². The molecule has 1 fully saturated rings. The lowest BCUT2D eigenvalue weighted by Crippen LogP contribution is -2.47. The molecule has 0 aromatic rings. The predicted octanol–water partition coefficient (Wildman–Crippen LogP) is 10.8. The highest BCUT2D eigenvalue weighted by Gasteiger charge is 2.22. The maximum Gasteiger partial charge on any atom is 0.306 e. The molecule has 1 saturated heterocycles. The lowest BCUT2D eigenvalue weighted by molar-refractivity contribution is -0.150. The van der Waals surface area contributed by atoms with E-state index in [2.05, 4.69) is 42.4 Å². The van der Waals surface area contributed by atoms with Crippen LogP contribution in [0.4, 0.5) is 0 Å². The topological polar surface area (TPSA) is 225 Å². The molecule has 1 rings (SSSR count). The van der Waals surface area contributed by atoms with Gasteiger partial charge in [0.15, 0.2) is 0 Å². The van der Waals surface area contributed by atoms with E-state index in [1.54, 1.807) is 0 Å². The quantitative estimate of drug-likeness (QED) is 0.0192. The van der Waals surface area contributed by atoms with Gasteiger partial charge in [0.1, 0.15) is 18.8 Å². The van der Waals surface area contributed by atoms with Crippen LogP contribution >= 0.6 is 21.6 Å². The summed E-state index contributed by atoms with van der Waals surface area (Å²) in [6, 6.07) is 0. The monoisotopic (exact) mass is 1260 g/mol. The number of piperazine rings is 1. The number of carbonyl (C=O) groups is 5. The highest BCUT2D eigenvalue weighted by Crippen LogP contribution is 2.23. The number of aliphatic hydroxyl groups excluding tert-OH is 4. The summed E-state index contributed by atoms with van der Waals surface area (Å²) in [5, 5.41) is 44.0. The maximum absolute atomic E-state index is 12.8. The molecule has 0 amide bonds. The van der Waals surface area contributed by atoms with Crippen molar-refractivity contribution in [1.29, 1.82) is 0 Å². The van der Waals surface area contributed by atoms with Crippen molar-refractivity contribution in [1.82, 2.24) is 19.6 Å². The molecule has 0 aliphatic carbocycles. The van der Waals surface area contributed by atoms with Crippen molar-refractivity contribution in [3.05, 3.63) is 0 Å². The summed E-state index contributed by atoms with van der Waals surface area (Å²) < 4.78 is 27.3. The van der Waals surface area contributed by atoms with Gasteiger partial charge >= 0.3 is 29.8 Å². The first-order chi connectivity index (χ1) is 41.3. The van der Waals surface area contributed by atoms with E-state index < -0.39 is 24.4 Å². The van der Waals surface area contributed by atoms with Crippen LogP contribution < -0.4 is 0 Å². The van der Waals surface area contributed by atoms with Crippen LogP contribution in [0.1, 0.15) is 235 Å². The number of nitrogens with zero attached hydrogens (tertiary/aromatic N) is 4. The number of carbonyl (C=O) groups excluding carboxylic acids is 5. The van der Waals surface area contributed by atoms with E-state index in [-0.39, 0.29) is 74.4 Å². The van der Waals surface area contributed by atoms with E-state index in [4.69, 9.17) is 23.7 Å². The molecule has 0 bridgehead atoms. The molecule has 506 valence electrons. The Morgan fingerprint density at radius 2 is 0.744 bits per heavy atom. The molecule has 1 heterocycles. The van der Waals surface area contributed by atoms with Crippen molar-refractivity contribution in [3.63, 3.8) is 0 Å². The minimum Gasteiger partial charge on any atom is -0.466 e. The lowest BCUT2D eigenvalue weighted by atomic mass is 10.1. The van der Waals surface area contributed by atoms with Gasteiger partial charge in [-0.3, -0.25) is 43.6 Å². The molecule has 4 N–H and O–H groups in total. The smallest absolute Gasteiger partial charge is 0.306 e. The molecule has 0 radical (unpaired) electrons. The van der Waals surface area contributed by atoms with Crippen LogP contribution in [0.2, 0.25) is 0 Å². The minimum absolute atomic E-state index is 0.0919. The Morgan fingerprint density at radius 3 is 1.16 bits per heavy atom. The van der Waals surface area contributed by atoms with Gasteiger partial charge in [-0.05, 0) is 134 Å². The fourth-order valence-corrected chi connectivity index (χ4v) is 12.4. The Labute approximate surface area is 530 Å². The third-order valence-electron chi connectivity index (χ3n) is 15.9. The first-order valence-corrected chi connectivity index (χ1v) is 36.6. The molecule has 0 aromatic carbocycles. The van der Waals surface area contributed by atoms with Gasteiger partial charge in [0.25, 0.3) is 0 Å². The highest BCUT2D eigenvalue weighted by atomic mass is 33.1. The van der Waals surface area contributed by atoms with Crippen LogP contribution in [0.5, 0.6) is 0 Å². The van der Waals surface area contributed by atoms with Crippen LogP contribution in [0.15, 0.2) is 0 Å². The molecule has 4 atom stereocenters. The van der Waals surface area contributed by atoms with Gasteiger partial charge in [0, 0.05) is 109 Å². The SMILES string of the molecule is CCC(CC)OC(=O)CCCC(O)CN(CCCC(=O)OCCN1CCN(CCSSCCCCN(CC(O)CCCCCCC(=O)OCCC(C)C)CC(O)CCCCCCC(=O)OCCC(C)C)CC1)CC(O)CCCC(=O)OC(CC)CC. The average molecular weight is 1260 g/mol. The van der Waals surface area contributed by atoms with Crippen LogP contribution in [0.25, 0.3) is 0 Å². The normalized spacial score (nSPS) is 14.8. The van der Waals surface area contributed by atoms with Gasteiger partial charge in [-0.1, -0.05) is 116 Å². The van der Waals surface area contributed by atoms with Crippen LogP contribution in [0.3, 0.4) is 0 Å². The first-order valence-electron chi connectivity index (χ1n) is 34.1. The van der Waals surface area contributed by atoms with E-state index in [9.17, 15) is 44.4 Å². The van der Waals surface area contributed by atoms with Gasteiger partial charge in [-0.15, -0.1) is 0 Å². The second-order valence-electron chi connectivity index (χ2n) is 24.8. The third-order valence-corrected chi connectivity index (χ3v) is 18.4. The summed E-state index contributed by atoms with van der Waals surface area (Å²) in [5.74, 6) is 2.07. The first kappa shape index (κ1) is 81.7. The molecule has 0 aromatic heterocycles. The summed E-state index contributed by atoms with van der Waals surface area (Å²) in [6.45, 7) is 26.1. The number of rotatable bonds is 58. The van der Waals surface area contributed by atoms with Gasteiger partial charge in [-0.2, -0.15) is 0 Å². The van der Waals surface area contributed by atoms with Gasteiger partial charge in [-0.25, -0.2) is 0 Å². The average Bonchev–Trinajstić information content (AvgIpc) is 3.53. The molecule has 0 spiro atoms. The summed E-state index contributed by atoms with van der Waals surface area (Å²) in [4.78, 5) is 70.6. The van der Waals surface area contributed by atoms with Crippen molar-refractivity contribution >= 4 is 51.4 Å². The largest absolute Gasteiger partial charge is 0.466 e. The molecular weight excluding hydrogens is 1140 g/mol. The summed E-state index contributed by atoms with van der Waals surface area (Å²) in [7, 11) is 3.82. The fraction of sp³-hybridized carbons (Fsp3) is 0.924. The number of hydrogen-bond donors (Lipinski definition) is 4. The van der Waals surface area contributed by atoms with Crippen molar-refractivity contribution in [2.24, 2.45) is 11.8 Å². The Bertz CT molecular complexity index is 1590. The third kappa shape index (κ3) is 48.6. The van der Waals surface area contributed by atoms with Gasteiger partial charge < -0.3 is 44.1 Å². The summed E-state index contributed by atoms with van der Waals surface area (Å²) in [6.07, 6.45) is 16.7. The Morgan fingerprint density at radius 1 is 0.395 bits per heavy atom. The van der Waals surface area contributed by atoms with Crippen molar-refractivity contribution in [2.75, 3.05) is 110 Å². The predicted molar refractivity (Wildman–Crippen MR) is 349 cm³/mol. The molecule has 86 heavy (non-hydrogen) atoms. The molecule has 20 heteroatoms. The van der Waals surface area contributed by atoms with E-state index in [0.29, 0.717) is 116 Å².